The summed E-state index contributed by atoms with van der Waals surface area (Å²) >= 11 is 0. The van der Waals surface area contributed by atoms with Crippen molar-refractivity contribution in [3.8, 4) is 6.07 Å². The van der Waals surface area contributed by atoms with E-state index in [9.17, 15) is 15.5 Å². The fourth-order valence-corrected chi connectivity index (χ4v) is 2.72. The Morgan fingerprint density at radius 3 is 3.05 bits per heavy atom. The average molecular weight is 289 g/mol. The lowest BCUT2D eigenvalue weighted by atomic mass is 10.0. The fraction of sp³-hybridized carbons (Fsp3) is 0.462. The Labute approximate surface area is 120 Å². The number of fused-ring (bicyclic) bond motifs is 1. The summed E-state index contributed by atoms with van der Waals surface area (Å²) in [5.74, 6) is 0.185. The van der Waals surface area contributed by atoms with Gasteiger partial charge in [0.2, 0.25) is 0 Å². The van der Waals surface area contributed by atoms with Crippen molar-refractivity contribution >= 4 is 11.3 Å². The summed E-state index contributed by atoms with van der Waals surface area (Å²) in [6.07, 6.45) is 0.0812. The average Bonchev–Trinajstić information content (AvgIpc) is 2.98. The van der Waals surface area contributed by atoms with Gasteiger partial charge in [0.1, 0.15) is 24.0 Å². The third kappa shape index (κ3) is 2.03. The number of nitrogens with two attached hydrogens (primary N) is 1. The van der Waals surface area contributed by atoms with Gasteiger partial charge in [-0.2, -0.15) is 10.4 Å². The molecule has 0 amide bonds. The van der Waals surface area contributed by atoms with Crippen LogP contribution in [0.15, 0.2) is 12.4 Å². The van der Waals surface area contributed by atoms with Crippen LogP contribution in [0.5, 0.6) is 0 Å². The molecule has 2 aromatic heterocycles. The number of nitriles is 1. The molecule has 2 aromatic rings. The standard InChI is InChI=1S/C13H15N5O3/c1-13(5-19)3-9(20)11(21-13)8-2-7(4-14)10-12(15)16-6-17-18(8)10/h2,6,9,11,19-20H,3,5H2,1H3,(H2,15,16,17). The fourth-order valence-electron chi connectivity index (χ4n) is 2.72. The summed E-state index contributed by atoms with van der Waals surface area (Å²) in [4.78, 5) is 3.87. The highest BCUT2D eigenvalue weighted by Gasteiger charge is 2.44. The first-order valence-electron chi connectivity index (χ1n) is 6.48. The van der Waals surface area contributed by atoms with Crippen LogP contribution in [0.25, 0.3) is 5.52 Å². The minimum atomic E-state index is -0.820. The van der Waals surface area contributed by atoms with E-state index in [4.69, 9.17) is 10.5 Å². The molecule has 3 heterocycles. The number of anilines is 1. The lowest BCUT2D eigenvalue weighted by Gasteiger charge is -2.21. The molecule has 3 rings (SSSR count). The zero-order valence-corrected chi connectivity index (χ0v) is 11.4. The van der Waals surface area contributed by atoms with E-state index >= 15 is 0 Å². The monoisotopic (exact) mass is 289 g/mol. The van der Waals surface area contributed by atoms with Gasteiger partial charge in [-0.25, -0.2) is 9.50 Å². The molecule has 110 valence electrons. The van der Waals surface area contributed by atoms with Crippen molar-refractivity contribution in [1.82, 2.24) is 14.6 Å². The Balaban J connectivity index is 2.14. The quantitative estimate of drug-likeness (QED) is 0.695. The molecular weight excluding hydrogens is 274 g/mol. The molecule has 3 unspecified atom stereocenters. The molecule has 0 aliphatic carbocycles. The highest BCUT2D eigenvalue weighted by atomic mass is 16.5. The van der Waals surface area contributed by atoms with Gasteiger partial charge in [0.05, 0.1) is 29.6 Å². The minimum Gasteiger partial charge on any atom is -0.393 e. The summed E-state index contributed by atoms with van der Waals surface area (Å²) in [5, 5.41) is 32.9. The van der Waals surface area contributed by atoms with Gasteiger partial charge in [0, 0.05) is 6.42 Å². The molecule has 0 bridgehead atoms. The molecule has 1 saturated heterocycles. The normalized spacial score (nSPS) is 28.9. The molecule has 0 saturated carbocycles. The van der Waals surface area contributed by atoms with E-state index in [1.54, 1.807) is 13.0 Å². The first-order chi connectivity index (χ1) is 9.99. The van der Waals surface area contributed by atoms with Gasteiger partial charge in [-0.15, -0.1) is 0 Å². The van der Waals surface area contributed by atoms with Crippen LogP contribution in [-0.2, 0) is 4.74 Å². The molecule has 0 spiro atoms. The van der Waals surface area contributed by atoms with E-state index in [0.717, 1.165) is 0 Å². The van der Waals surface area contributed by atoms with E-state index < -0.39 is 17.8 Å². The number of hydrogen-bond acceptors (Lipinski definition) is 7. The van der Waals surface area contributed by atoms with Crippen molar-refractivity contribution in [3.63, 3.8) is 0 Å². The Bertz CT molecular complexity index is 737. The molecule has 3 atom stereocenters. The zero-order valence-electron chi connectivity index (χ0n) is 11.4. The van der Waals surface area contributed by atoms with Crippen LogP contribution in [-0.4, -0.2) is 43.1 Å². The molecular formula is C13H15N5O3. The van der Waals surface area contributed by atoms with E-state index in [2.05, 4.69) is 10.1 Å². The molecule has 0 aromatic carbocycles. The molecule has 4 N–H and O–H groups in total. The van der Waals surface area contributed by atoms with Crippen LogP contribution in [0.1, 0.15) is 30.7 Å². The molecule has 8 nitrogen and oxygen atoms in total. The highest BCUT2D eigenvalue weighted by molar-refractivity contribution is 5.74. The first-order valence-corrected chi connectivity index (χ1v) is 6.48. The van der Waals surface area contributed by atoms with Gasteiger partial charge < -0.3 is 20.7 Å². The van der Waals surface area contributed by atoms with Crippen molar-refractivity contribution in [3.05, 3.63) is 23.7 Å². The van der Waals surface area contributed by atoms with E-state index in [-0.39, 0.29) is 12.4 Å². The summed E-state index contributed by atoms with van der Waals surface area (Å²) in [6.45, 7) is 1.52. The molecule has 1 aliphatic heterocycles. The van der Waals surface area contributed by atoms with Crippen LogP contribution in [0.3, 0.4) is 0 Å². The number of hydrogen-bond donors (Lipinski definition) is 3. The number of nitrogens with zero attached hydrogens (tertiary/aromatic N) is 4. The molecule has 1 fully saturated rings. The maximum absolute atomic E-state index is 10.2. The predicted molar refractivity (Wildman–Crippen MR) is 72.1 cm³/mol. The molecule has 1 aliphatic rings. The van der Waals surface area contributed by atoms with Crippen molar-refractivity contribution < 1.29 is 14.9 Å². The molecule has 8 heteroatoms. The van der Waals surface area contributed by atoms with E-state index in [1.165, 1.54) is 10.8 Å². The Morgan fingerprint density at radius 2 is 2.43 bits per heavy atom. The number of ether oxygens (including phenoxy) is 1. The van der Waals surface area contributed by atoms with E-state index in [1.807, 2.05) is 6.07 Å². The minimum absolute atomic E-state index is 0.185. The van der Waals surface area contributed by atoms with Gasteiger partial charge in [-0.3, -0.25) is 0 Å². The number of aliphatic hydroxyl groups excluding tert-OH is 2. The van der Waals surface area contributed by atoms with Gasteiger partial charge in [0.25, 0.3) is 0 Å². The van der Waals surface area contributed by atoms with Crippen LogP contribution in [0.4, 0.5) is 5.82 Å². The maximum atomic E-state index is 10.2. The van der Waals surface area contributed by atoms with Crippen molar-refractivity contribution in [2.24, 2.45) is 0 Å². The number of nitrogen functional groups attached to an aromatic ring is 1. The SMILES string of the molecule is CC1(CO)CC(O)C(c2cc(C#N)c3c(N)ncnn23)O1. The Morgan fingerprint density at radius 1 is 1.67 bits per heavy atom. The van der Waals surface area contributed by atoms with Gasteiger partial charge >= 0.3 is 0 Å². The third-order valence-corrected chi connectivity index (χ3v) is 3.76. The van der Waals surface area contributed by atoms with Crippen LogP contribution in [0, 0.1) is 11.3 Å². The second kappa shape index (κ2) is 4.66. The smallest absolute Gasteiger partial charge is 0.152 e. The van der Waals surface area contributed by atoms with Gasteiger partial charge in [-0.1, -0.05) is 0 Å². The summed E-state index contributed by atoms with van der Waals surface area (Å²) in [5.41, 5.74) is 6.19. The van der Waals surface area contributed by atoms with Crippen molar-refractivity contribution in [2.75, 3.05) is 12.3 Å². The maximum Gasteiger partial charge on any atom is 0.152 e. The van der Waals surface area contributed by atoms with E-state index in [0.29, 0.717) is 23.2 Å². The zero-order chi connectivity index (χ0) is 15.2. The third-order valence-electron chi connectivity index (χ3n) is 3.76. The number of rotatable bonds is 2. The predicted octanol–water partition coefficient (Wildman–Crippen LogP) is -0.244. The first kappa shape index (κ1) is 13.8. The topological polar surface area (TPSA) is 130 Å². The lowest BCUT2D eigenvalue weighted by molar-refractivity contribution is -0.0719. The largest absolute Gasteiger partial charge is 0.393 e. The van der Waals surface area contributed by atoms with Gasteiger partial charge in [-0.05, 0) is 13.0 Å². The summed E-state index contributed by atoms with van der Waals surface area (Å²) < 4.78 is 7.23. The number of aliphatic hydroxyl groups is 2. The van der Waals surface area contributed by atoms with Gasteiger partial charge in [0.15, 0.2) is 5.82 Å². The van der Waals surface area contributed by atoms with Crippen LogP contribution in [0.2, 0.25) is 0 Å². The summed E-state index contributed by atoms with van der Waals surface area (Å²) in [6, 6.07) is 3.62. The second-order valence-electron chi connectivity index (χ2n) is 5.42. The lowest BCUT2D eigenvalue weighted by Crippen LogP contribution is -2.28. The van der Waals surface area contributed by atoms with Crippen LogP contribution >= 0.6 is 0 Å². The Hall–Kier alpha value is -2.21. The molecule has 21 heavy (non-hydrogen) atoms. The highest BCUT2D eigenvalue weighted by Crippen LogP contribution is 2.40. The van der Waals surface area contributed by atoms with Crippen molar-refractivity contribution in [2.45, 2.75) is 31.2 Å². The summed E-state index contributed by atoms with van der Waals surface area (Å²) in [7, 11) is 0. The molecule has 0 radical (unpaired) electrons. The van der Waals surface area contributed by atoms with Crippen molar-refractivity contribution in [1.29, 1.82) is 5.26 Å². The Kier molecular flexibility index (Phi) is 3.06. The second-order valence-corrected chi connectivity index (χ2v) is 5.42. The number of aromatic nitrogens is 3. The van der Waals surface area contributed by atoms with Crippen LogP contribution < -0.4 is 5.73 Å².